The van der Waals surface area contributed by atoms with E-state index in [2.05, 4.69) is 16.4 Å². The highest BCUT2D eigenvalue weighted by Crippen LogP contribution is 2.37. The summed E-state index contributed by atoms with van der Waals surface area (Å²) in [6.45, 7) is 3.45. The lowest BCUT2D eigenvalue weighted by Crippen LogP contribution is -2.54. The summed E-state index contributed by atoms with van der Waals surface area (Å²) in [5, 5.41) is 4.11. The summed E-state index contributed by atoms with van der Waals surface area (Å²) in [5.74, 6) is 0.0904. The third-order valence-electron chi connectivity index (χ3n) is 6.03. The summed E-state index contributed by atoms with van der Waals surface area (Å²) < 4.78 is 0. The number of carbonyl (C=O) groups excluding carboxylic acids is 2. The molecule has 5 heterocycles. The van der Waals surface area contributed by atoms with Crippen LogP contribution in [0.4, 0.5) is 10.5 Å². The van der Waals surface area contributed by atoms with Crippen molar-refractivity contribution in [2.24, 2.45) is 0 Å². The molecule has 30 heavy (non-hydrogen) atoms. The van der Waals surface area contributed by atoms with E-state index in [0.717, 1.165) is 46.4 Å². The molecule has 0 unspecified atom stereocenters. The van der Waals surface area contributed by atoms with Crippen LogP contribution in [0, 0.1) is 0 Å². The number of hydrogen-bond donors (Lipinski definition) is 0. The number of nitrogens with zero attached hydrogens (tertiary/aromatic N) is 5. The van der Waals surface area contributed by atoms with Gasteiger partial charge in [-0.1, -0.05) is 0 Å². The van der Waals surface area contributed by atoms with Gasteiger partial charge in [0.2, 0.25) is 5.91 Å². The number of hydrogen-bond acceptors (Lipinski definition) is 5. The molecule has 1 fully saturated rings. The number of aromatic nitrogens is 2. The van der Waals surface area contributed by atoms with Crippen LogP contribution < -0.4 is 4.90 Å². The Hall–Kier alpha value is -3.00. The SMILES string of the molecule is CC(=O)N1CCC(N2C(=O)N(C)Cc3cnc4ccc(-c5ccsc5)nc4c32)CC1. The molecule has 0 aromatic carbocycles. The van der Waals surface area contributed by atoms with E-state index in [4.69, 9.17) is 4.98 Å². The Bertz CT molecular complexity index is 1120. The molecule has 7 nitrogen and oxygen atoms in total. The van der Waals surface area contributed by atoms with Crippen molar-refractivity contribution in [1.82, 2.24) is 19.8 Å². The van der Waals surface area contributed by atoms with E-state index in [1.54, 1.807) is 23.2 Å². The van der Waals surface area contributed by atoms with Gasteiger partial charge in [0, 0.05) is 55.8 Å². The van der Waals surface area contributed by atoms with Crippen LogP contribution in [0.15, 0.2) is 35.2 Å². The molecule has 0 aliphatic carbocycles. The molecule has 2 aliphatic heterocycles. The normalized spacial score (nSPS) is 17.5. The van der Waals surface area contributed by atoms with Gasteiger partial charge < -0.3 is 9.80 Å². The van der Waals surface area contributed by atoms with Crippen molar-refractivity contribution in [2.75, 3.05) is 25.0 Å². The molecule has 0 bridgehead atoms. The molecule has 0 saturated carbocycles. The standard InChI is InChI=1S/C22H23N5O2S/c1-14(28)26-8-5-17(6-9-26)27-21-16(12-25(2)22(27)29)11-23-19-4-3-18(24-20(19)21)15-7-10-30-13-15/h3-4,7,10-11,13,17H,5-6,8-9,12H2,1-2H3. The number of thiophene rings is 1. The summed E-state index contributed by atoms with van der Waals surface area (Å²) in [6, 6.07) is 6.03. The molecule has 1 saturated heterocycles. The van der Waals surface area contributed by atoms with Crippen molar-refractivity contribution in [1.29, 1.82) is 0 Å². The van der Waals surface area contributed by atoms with Crippen molar-refractivity contribution in [3.8, 4) is 11.3 Å². The Balaban J connectivity index is 1.62. The third-order valence-corrected chi connectivity index (χ3v) is 6.72. The van der Waals surface area contributed by atoms with Crippen LogP contribution in [-0.2, 0) is 11.3 Å². The van der Waals surface area contributed by atoms with Gasteiger partial charge in [0.15, 0.2) is 0 Å². The second kappa shape index (κ2) is 7.36. The van der Waals surface area contributed by atoms with Crippen molar-refractivity contribution >= 4 is 40.0 Å². The molecule has 0 atom stereocenters. The quantitative estimate of drug-likeness (QED) is 0.632. The number of pyridine rings is 2. The molecule has 0 spiro atoms. The molecular formula is C22H23N5O2S. The minimum absolute atomic E-state index is 0.0148. The summed E-state index contributed by atoms with van der Waals surface area (Å²) >= 11 is 1.64. The van der Waals surface area contributed by atoms with Gasteiger partial charge in [0.05, 0.1) is 23.4 Å². The van der Waals surface area contributed by atoms with Crippen LogP contribution >= 0.6 is 11.3 Å². The maximum Gasteiger partial charge on any atom is 0.324 e. The Labute approximate surface area is 178 Å². The van der Waals surface area contributed by atoms with Crippen molar-refractivity contribution in [2.45, 2.75) is 32.4 Å². The first-order valence-corrected chi connectivity index (χ1v) is 11.1. The van der Waals surface area contributed by atoms with Gasteiger partial charge in [-0.2, -0.15) is 11.3 Å². The predicted octanol–water partition coefficient (Wildman–Crippen LogP) is 3.74. The fourth-order valence-electron chi connectivity index (χ4n) is 4.43. The molecule has 2 aliphatic rings. The summed E-state index contributed by atoms with van der Waals surface area (Å²) in [7, 11) is 1.82. The zero-order chi connectivity index (χ0) is 20.8. The number of urea groups is 1. The van der Waals surface area contributed by atoms with Gasteiger partial charge in [-0.05, 0) is 36.4 Å². The Morgan fingerprint density at radius 2 is 2.00 bits per heavy atom. The molecule has 3 amide bonds. The van der Waals surface area contributed by atoms with E-state index < -0.39 is 0 Å². The third kappa shape index (κ3) is 3.11. The molecule has 0 radical (unpaired) electrons. The largest absolute Gasteiger partial charge is 0.343 e. The van der Waals surface area contributed by atoms with Gasteiger partial charge in [0.1, 0.15) is 5.52 Å². The Kier molecular flexibility index (Phi) is 4.66. The number of amides is 3. The minimum atomic E-state index is -0.0148. The van der Waals surface area contributed by atoms with Crippen LogP contribution in [0.1, 0.15) is 25.3 Å². The van der Waals surface area contributed by atoms with Crippen LogP contribution in [0.2, 0.25) is 0 Å². The molecule has 154 valence electrons. The molecule has 0 N–H and O–H groups in total. The minimum Gasteiger partial charge on any atom is -0.343 e. The topological polar surface area (TPSA) is 69.6 Å². The van der Waals surface area contributed by atoms with E-state index in [-0.39, 0.29) is 18.0 Å². The highest BCUT2D eigenvalue weighted by Gasteiger charge is 2.37. The second-order valence-corrected chi connectivity index (χ2v) is 8.73. The van der Waals surface area contributed by atoms with Crippen molar-refractivity contribution in [3.05, 3.63) is 40.7 Å². The lowest BCUT2D eigenvalue weighted by atomic mass is 9.99. The first-order chi connectivity index (χ1) is 14.5. The first kappa shape index (κ1) is 19.0. The fraction of sp³-hybridized carbons (Fsp3) is 0.364. The van der Waals surface area contributed by atoms with Crippen molar-refractivity contribution in [3.63, 3.8) is 0 Å². The Morgan fingerprint density at radius 1 is 1.20 bits per heavy atom. The lowest BCUT2D eigenvalue weighted by molar-refractivity contribution is -0.129. The van der Waals surface area contributed by atoms with Crippen LogP contribution in [0.5, 0.6) is 0 Å². The first-order valence-electron chi connectivity index (χ1n) is 10.1. The van der Waals surface area contributed by atoms with Gasteiger partial charge in [-0.25, -0.2) is 9.78 Å². The average Bonchev–Trinajstić information content (AvgIpc) is 3.29. The molecule has 5 rings (SSSR count). The zero-order valence-electron chi connectivity index (χ0n) is 17.0. The molecule has 3 aromatic heterocycles. The number of fused-ring (bicyclic) bond motifs is 3. The summed E-state index contributed by atoms with van der Waals surface area (Å²) in [5.41, 5.74) is 5.40. The van der Waals surface area contributed by atoms with Gasteiger partial charge in [0.25, 0.3) is 0 Å². The van der Waals surface area contributed by atoms with Crippen LogP contribution in [0.25, 0.3) is 22.3 Å². The molecule has 3 aromatic rings. The Morgan fingerprint density at radius 3 is 2.70 bits per heavy atom. The smallest absolute Gasteiger partial charge is 0.324 e. The lowest BCUT2D eigenvalue weighted by Gasteiger charge is -2.43. The van der Waals surface area contributed by atoms with E-state index in [0.29, 0.717) is 19.6 Å². The number of carbonyl (C=O) groups is 2. The van der Waals surface area contributed by atoms with Gasteiger partial charge >= 0.3 is 6.03 Å². The van der Waals surface area contributed by atoms with Gasteiger partial charge in [-0.15, -0.1) is 0 Å². The predicted molar refractivity (Wildman–Crippen MR) is 117 cm³/mol. The number of anilines is 1. The van der Waals surface area contributed by atoms with Crippen LogP contribution in [0.3, 0.4) is 0 Å². The summed E-state index contributed by atoms with van der Waals surface area (Å²) in [6.07, 6.45) is 3.38. The summed E-state index contributed by atoms with van der Waals surface area (Å²) in [4.78, 5) is 40.1. The number of piperidine rings is 1. The van der Waals surface area contributed by atoms with E-state index in [9.17, 15) is 9.59 Å². The maximum absolute atomic E-state index is 13.3. The molecular weight excluding hydrogens is 398 g/mol. The van der Waals surface area contributed by atoms with Crippen molar-refractivity contribution < 1.29 is 9.59 Å². The van der Waals surface area contributed by atoms with E-state index in [1.165, 1.54) is 0 Å². The van der Waals surface area contributed by atoms with E-state index in [1.807, 2.05) is 40.6 Å². The van der Waals surface area contributed by atoms with E-state index >= 15 is 0 Å². The monoisotopic (exact) mass is 421 g/mol. The number of rotatable bonds is 2. The highest BCUT2D eigenvalue weighted by atomic mass is 32.1. The molecule has 8 heteroatoms. The highest BCUT2D eigenvalue weighted by molar-refractivity contribution is 7.08. The number of likely N-dealkylation sites (tertiary alicyclic amines) is 1. The fourth-order valence-corrected chi connectivity index (χ4v) is 5.08. The second-order valence-electron chi connectivity index (χ2n) is 7.95. The zero-order valence-corrected chi connectivity index (χ0v) is 17.9. The van der Waals surface area contributed by atoms with Crippen LogP contribution in [-0.4, -0.2) is 57.9 Å². The average molecular weight is 422 g/mol. The maximum atomic E-state index is 13.3. The van der Waals surface area contributed by atoms with Gasteiger partial charge in [-0.3, -0.25) is 14.7 Å².